The zero-order valence-electron chi connectivity index (χ0n) is 12.0. The first kappa shape index (κ1) is 18.5. The third-order valence-corrected chi connectivity index (χ3v) is 5.36. The van der Waals surface area contributed by atoms with Crippen LogP contribution in [-0.2, 0) is 14.8 Å². The number of carbonyl (C=O) groups is 1. The van der Waals surface area contributed by atoms with Crippen molar-refractivity contribution in [1.82, 2.24) is 5.43 Å². The Labute approximate surface area is 148 Å². The maximum atomic E-state index is 13.1. The van der Waals surface area contributed by atoms with Crippen molar-refractivity contribution in [1.29, 1.82) is 0 Å². The number of nitrogens with two attached hydrogens (primary N) is 1. The van der Waals surface area contributed by atoms with Crippen molar-refractivity contribution < 1.29 is 17.6 Å². The maximum Gasteiger partial charge on any atom is 0.264 e. The van der Waals surface area contributed by atoms with Crippen molar-refractivity contribution in [2.45, 2.75) is 4.90 Å². The van der Waals surface area contributed by atoms with Gasteiger partial charge in [-0.05, 0) is 42.5 Å². The monoisotopic (exact) mass is 391 g/mol. The summed E-state index contributed by atoms with van der Waals surface area (Å²) in [5.41, 5.74) is 1.85. The van der Waals surface area contributed by atoms with Gasteiger partial charge in [0.1, 0.15) is 12.4 Å². The average Bonchev–Trinajstić information content (AvgIpc) is 2.55. The third kappa shape index (κ3) is 3.96. The van der Waals surface area contributed by atoms with Gasteiger partial charge < -0.3 is 0 Å². The van der Waals surface area contributed by atoms with E-state index in [1.54, 1.807) is 0 Å². The van der Waals surface area contributed by atoms with Crippen LogP contribution in [0.3, 0.4) is 0 Å². The zero-order chi connectivity index (χ0) is 17.9. The summed E-state index contributed by atoms with van der Waals surface area (Å²) in [7, 11) is -4.21. The normalized spacial score (nSPS) is 11.2. The molecule has 2 aromatic rings. The van der Waals surface area contributed by atoms with E-state index in [1.165, 1.54) is 18.2 Å². The molecule has 10 heteroatoms. The number of amides is 1. The largest absolute Gasteiger partial charge is 0.293 e. The fourth-order valence-corrected chi connectivity index (χ4v) is 3.75. The van der Waals surface area contributed by atoms with Crippen molar-refractivity contribution in [2.24, 2.45) is 5.84 Å². The van der Waals surface area contributed by atoms with Gasteiger partial charge in [0.2, 0.25) is 0 Å². The number of hydrazine groups is 1. The van der Waals surface area contributed by atoms with Crippen molar-refractivity contribution in [3.05, 3.63) is 58.3 Å². The van der Waals surface area contributed by atoms with Gasteiger partial charge in [-0.2, -0.15) is 0 Å². The Morgan fingerprint density at radius 1 is 1.17 bits per heavy atom. The second kappa shape index (κ2) is 7.35. The van der Waals surface area contributed by atoms with Gasteiger partial charge in [0.05, 0.1) is 15.6 Å². The predicted octanol–water partition coefficient (Wildman–Crippen LogP) is 2.32. The molecule has 6 nitrogen and oxygen atoms in total. The van der Waals surface area contributed by atoms with Gasteiger partial charge in [-0.3, -0.25) is 14.5 Å². The fraction of sp³-hybridized carbons (Fsp3) is 0.0714. The van der Waals surface area contributed by atoms with Crippen LogP contribution in [0.15, 0.2) is 47.4 Å². The Morgan fingerprint density at radius 3 is 2.38 bits per heavy atom. The van der Waals surface area contributed by atoms with Crippen LogP contribution in [0.4, 0.5) is 10.1 Å². The number of rotatable bonds is 5. The fourth-order valence-electron chi connectivity index (χ4n) is 1.89. The molecule has 0 heterocycles. The molecule has 24 heavy (non-hydrogen) atoms. The van der Waals surface area contributed by atoms with Crippen LogP contribution in [0.25, 0.3) is 0 Å². The molecule has 0 aliphatic heterocycles. The van der Waals surface area contributed by atoms with Gasteiger partial charge in [0.25, 0.3) is 15.9 Å². The molecule has 3 N–H and O–H groups in total. The Morgan fingerprint density at radius 2 is 1.79 bits per heavy atom. The highest BCUT2D eigenvalue weighted by Crippen LogP contribution is 2.32. The molecule has 0 fully saturated rings. The van der Waals surface area contributed by atoms with Crippen LogP contribution < -0.4 is 15.6 Å². The van der Waals surface area contributed by atoms with Gasteiger partial charge >= 0.3 is 0 Å². The third-order valence-electron chi connectivity index (χ3n) is 3.03. The summed E-state index contributed by atoms with van der Waals surface area (Å²) in [4.78, 5) is 11.4. The minimum atomic E-state index is -4.21. The summed E-state index contributed by atoms with van der Waals surface area (Å²) in [6, 6.07) is 8.31. The summed E-state index contributed by atoms with van der Waals surface area (Å²) in [6.45, 7) is -0.629. The molecule has 0 spiro atoms. The summed E-state index contributed by atoms with van der Waals surface area (Å²) >= 11 is 11.9. The van der Waals surface area contributed by atoms with E-state index in [4.69, 9.17) is 29.0 Å². The van der Waals surface area contributed by atoms with E-state index in [2.05, 4.69) is 0 Å². The zero-order valence-corrected chi connectivity index (χ0v) is 14.4. The highest BCUT2D eigenvalue weighted by Gasteiger charge is 2.28. The number of halogens is 3. The van der Waals surface area contributed by atoms with Gasteiger partial charge in [-0.1, -0.05) is 23.2 Å². The Kier molecular flexibility index (Phi) is 5.66. The lowest BCUT2D eigenvalue weighted by Crippen LogP contribution is -2.43. The highest BCUT2D eigenvalue weighted by molar-refractivity contribution is 7.92. The van der Waals surface area contributed by atoms with Gasteiger partial charge in [-0.15, -0.1) is 0 Å². The second-order valence-electron chi connectivity index (χ2n) is 4.63. The van der Waals surface area contributed by atoms with Gasteiger partial charge in [-0.25, -0.2) is 18.7 Å². The number of nitrogens with zero attached hydrogens (tertiary/aromatic N) is 1. The molecule has 0 bridgehead atoms. The highest BCUT2D eigenvalue weighted by atomic mass is 35.5. The SMILES string of the molecule is NNC(=O)CN(c1cc(Cl)ccc1Cl)S(=O)(=O)c1ccc(F)cc1. The minimum Gasteiger partial charge on any atom is -0.293 e. The van der Waals surface area contributed by atoms with Crippen molar-refractivity contribution in [3.63, 3.8) is 0 Å². The van der Waals surface area contributed by atoms with Gasteiger partial charge in [0.15, 0.2) is 0 Å². The van der Waals surface area contributed by atoms with Crippen LogP contribution in [0.1, 0.15) is 0 Å². The molecule has 0 saturated heterocycles. The molecule has 0 aliphatic rings. The van der Waals surface area contributed by atoms with E-state index < -0.39 is 28.3 Å². The number of anilines is 1. The molecule has 0 saturated carbocycles. The maximum absolute atomic E-state index is 13.1. The second-order valence-corrected chi connectivity index (χ2v) is 7.33. The first-order valence-corrected chi connectivity index (χ1v) is 8.68. The molecule has 2 rings (SSSR count). The molecule has 0 atom stereocenters. The Bertz CT molecular complexity index is 860. The lowest BCUT2D eigenvalue weighted by atomic mass is 10.3. The Hall–Kier alpha value is -1.87. The summed E-state index contributed by atoms with van der Waals surface area (Å²) < 4.78 is 39.5. The number of hydrogen-bond donors (Lipinski definition) is 2. The van der Waals surface area contributed by atoms with E-state index in [0.29, 0.717) is 0 Å². The first-order chi connectivity index (χ1) is 11.3. The molecule has 0 aromatic heterocycles. The van der Waals surface area contributed by atoms with Crippen LogP contribution in [0.2, 0.25) is 10.0 Å². The minimum absolute atomic E-state index is 0.00269. The molecule has 128 valence electrons. The van der Waals surface area contributed by atoms with Crippen LogP contribution in [0.5, 0.6) is 0 Å². The number of benzene rings is 2. The van der Waals surface area contributed by atoms with E-state index >= 15 is 0 Å². The lowest BCUT2D eigenvalue weighted by molar-refractivity contribution is -0.119. The average molecular weight is 392 g/mol. The predicted molar refractivity (Wildman–Crippen MR) is 89.7 cm³/mol. The van der Waals surface area contributed by atoms with E-state index in [0.717, 1.165) is 28.6 Å². The smallest absolute Gasteiger partial charge is 0.264 e. The van der Waals surface area contributed by atoms with Gasteiger partial charge in [0, 0.05) is 5.02 Å². The standard InChI is InChI=1S/C14H12Cl2FN3O3S/c15-9-1-6-12(16)13(7-9)20(8-14(21)19-18)24(22,23)11-4-2-10(17)3-5-11/h1-7H,8,18H2,(H,19,21). The van der Waals surface area contributed by atoms with Crippen molar-refractivity contribution in [3.8, 4) is 0 Å². The summed E-state index contributed by atoms with van der Waals surface area (Å²) in [5, 5.41) is 0.289. The van der Waals surface area contributed by atoms with Crippen molar-refractivity contribution in [2.75, 3.05) is 10.8 Å². The molecule has 0 unspecified atom stereocenters. The number of hydrogen-bond acceptors (Lipinski definition) is 4. The number of nitrogens with one attached hydrogen (secondary N) is 1. The molecule has 2 aromatic carbocycles. The van der Waals surface area contributed by atoms with Crippen LogP contribution >= 0.6 is 23.2 Å². The molecule has 1 amide bonds. The van der Waals surface area contributed by atoms with E-state index in [9.17, 15) is 17.6 Å². The number of sulfonamides is 1. The van der Waals surface area contributed by atoms with E-state index in [1.807, 2.05) is 5.43 Å². The van der Waals surface area contributed by atoms with E-state index in [-0.39, 0.29) is 20.6 Å². The molecule has 0 radical (unpaired) electrons. The molecular formula is C14H12Cl2FN3O3S. The van der Waals surface area contributed by atoms with Crippen LogP contribution in [-0.4, -0.2) is 20.9 Å². The lowest BCUT2D eigenvalue weighted by Gasteiger charge is -2.24. The molecule has 0 aliphatic carbocycles. The first-order valence-electron chi connectivity index (χ1n) is 6.48. The Balaban J connectivity index is 2.59. The quantitative estimate of drug-likeness (QED) is 0.464. The number of carbonyl (C=O) groups excluding carboxylic acids is 1. The van der Waals surface area contributed by atoms with Crippen LogP contribution in [0, 0.1) is 5.82 Å². The molecular weight excluding hydrogens is 380 g/mol. The topological polar surface area (TPSA) is 92.5 Å². The summed E-state index contributed by atoms with van der Waals surface area (Å²) in [5.74, 6) is 3.68. The summed E-state index contributed by atoms with van der Waals surface area (Å²) in [6.07, 6.45) is 0. The van der Waals surface area contributed by atoms with Crippen molar-refractivity contribution >= 4 is 44.8 Å².